The molecule has 1 atom stereocenters. The lowest BCUT2D eigenvalue weighted by Crippen LogP contribution is -2.43. The molecule has 0 saturated carbocycles. The Hall–Kier alpha value is -3.39. The molecule has 8 nitrogen and oxygen atoms in total. The van der Waals surface area contributed by atoms with Crippen LogP contribution in [-0.4, -0.2) is 34.5 Å². The van der Waals surface area contributed by atoms with Crippen molar-refractivity contribution in [3.63, 3.8) is 0 Å². The molecule has 0 aliphatic carbocycles. The maximum atomic E-state index is 13.5. The van der Waals surface area contributed by atoms with Gasteiger partial charge in [0.2, 0.25) is 0 Å². The summed E-state index contributed by atoms with van der Waals surface area (Å²) in [4.78, 5) is 30.4. The number of nitrogens with zero attached hydrogens (tertiary/aromatic N) is 2. The molecule has 166 valence electrons. The molecule has 0 amide bonds. The molecule has 0 fully saturated rings. The van der Waals surface area contributed by atoms with Crippen LogP contribution in [0.15, 0.2) is 29.1 Å². The van der Waals surface area contributed by atoms with Crippen LogP contribution in [0.5, 0.6) is 5.75 Å². The van der Waals surface area contributed by atoms with E-state index in [0.717, 1.165) is 34.1 Å². The maximum Gasteiger partial charge on any atom is 0.508 e. The van der Waals surface area contributed by atoms with Crippen molar-refractivity contribution < 1.29 is 24.1 Å². The van der Waals surface area contributed by atoms with E-state index in [1.54, 1.807) is 22.8 Å². The third-order valence-electron chi connectivity index (χ3n) is 6.59. The van der Waals surface area contributed by atoms with Gasteiger partial charge in [-0.1, -0.05) is 13.8 Å². The zero-order chi connectivity index (χ0) is 22.6. The summed E-state index contributed by atoms with van der Waals surface area (Å²) in [6.07, 6.45) is 0.345. The predicted molar refractivity (Wildman–Crippen MR) is 117 cm³/mol. The Labute approximate surface area is 184 Å². The van der Waals surface area contributed by atoms with Gasteiger partial charge in [0.25, 0.3) is 5.56 Å². The summed E-state index contributed by atoms with van der Waals surface area (Å²) in [7, 11) is 1.25. The van der Waals surface area contributed by atoms with Crippen LogP contribution in [0.1, 0.15) is 42.5 Å². The van der Waals surface area contributed by atoms with Crippen LogP contribution in [0, 0.1) is 0 Å². The number of pyridine rings is 2. The molecule has 5 rings (SSSR count). The van der Waals surface area contributed by atoms with Crippen LogP contribution in [0.25, 0.3) is 22.3 Å². The Balaban J connectivity index is 1.77. The van der Waals surface area contributed by atoms with Crippen LogP contribution in [0.2, 0.25) is 0 Å². The van der Waals surface area contributed by atoms with Gasteiger partial charge in [-0.15, -0.1) is 0 Å². The van der Waals surface area contributed by atoms with Gasteiger partial charge in [0.05, 0.1) is 49.3 Å². The van der Waals surface area contributed by atoms with E-state index in [-0.39, 0.29) is 24.5 Å². The van der Waals surface area contributed by atoms with Crippen molar-refractivity contribution in [2.24, 2.45) is 0 Å². The first-order chi connectivity index (χ1) is 15.4. The fourth-order valence-corrected chi connectivity index (χ4v) is 4.94. The molecule has 8 heteroatoms. The average molecular weight is 436 g/mol. The Morgan fingerprint density at radius 1 is 1.28 bits per heavy atom. The molecule has 1 unspecified atom stereocenters. The number of ether oxygens (including phenoxy) is 3. The highest BCUT2D eigenvalue weighted by Crippen LogP contribution is 2.41. The normalized spacial score (nSPS) is 18.7. The van der Waals surface area contributed by atoms with Crippen LogP contribution in [0.3, 0.4) is 0 Å². The van der Waals surface area contributed by atoms with Gasteiger partial charge in [0.1, 0.15) is 5.75 Å². The van der Waals surface area contributed by atoms with E-state index in [1.165, 1.54) is 7.11 Å². The maximum absolute atomic E-state index is 13.5. The van der Waals surface area contributed by atoms with E-state index >= 15 is 0 Å². The zero-order valence-electron chi connectivity index (χ0n) is 18.2. The Morgan fingerprint density at radius 2 is 2.09 bits per heavy atom. The van der Waals surface area contributed by atoms with Crippen molar-refractivity contribution in [2.45, 2.75) is 45.4 Å². The minimum atomic E-state index is -1.10. The van der Waals surface area contributed by atoms with Gasteiger partial charge in [-0.3, -0.25) is 4.79 Å². The number of rotatable bonds is 3. The standard InChI is InChI=1S/C24H24N2O6/c1-4-14-15-8-13(27)6-7-19(15)25-21-16(14)10-26-20(21)9-18-17(22(26)28)11-31-12-24(18,5-2)32-23(29)30-3/h6-9,27H,4-5,10-12H2,1-3H3. The zero-order valence-corrected chi connectivity index (χ0v) is 18.2. The van der Waals surface area contributed by atoms with Crippen LogP contribution in [0.4, 0.5) is 4.79 Å². The van der Waals surface area contributed by atoms with Gasteiger partial charge in [-0.2, -0.15) is 0 Å². The van der Waals surface area contributed by atoms with E-state index in [1.807, 2.05) is 13.0 Å². The molecule has 3 aromatic rings. The molecule has 32 heavy (non-hydrogen) atoms. The van der Waals surface area contributed by atoms with Gasteiger partial charge in [-0.25, -0.2) is 9.78 Å². The summed E-state index contributed by atoms with van der Waals surface area (Å²) in [6.45, 7) is 4.63. The third-order valence-corrected chi connectivity index (χ3v) is 6.59. The van der Waals surface area contributed by atoms with E-state index in [9.17, 15) is 14.7 Å². The van der Waals surface area contributed by atoms with Gasteiger partial charge < -0.3 is 23.9 Å². The van der Waals surface area contributed by atoms with Crippen molar-refractivity contribution in [3.05, 3.63) is 56.9 Å². The molecular formula is C24H24N2O6. The molecular weight excluding hydrogens is 412 g/mol. The molecule has 0 radical (unpaired) electrons. The highest BCUT2D eigenvalue weighted by Gasteiger charge is 2.43. The molecule has 2 aromatic heterocycles. The molecule has 1 N–H and O–H groups in total. The third kappa shape index (κ3) is 2.82. The van der Waals surface area contributed by atoms with E-state index in [2.05, 4.69) is 6.92 Å². The Morgan fingerprint density at radius 3 is 2.81 bits per heavy atom. The molecule has 0 spiro atoms. The number of benzene rings is 1. The number of aryl methyl sites for hydroxylation is 1. The van der Waals surface area contributed by atoms with Crippen LogP contribution in [-0.2, 0) is 39.4 Å². The summed E-state index contributed by atoms with van der Waals surface area (Å²) in [5, 5.41) is 10.9. The van der Waals surface area contributed by atoms with Crippen molar-refractivity contribution in [1.82, 2.24) is 9.55 Å². The summed E-state index contributed by atoms with van der Waals surface area (Å²) in [6, 6.07) is 7.03. The fourth-order valence-electron chi connectivity index (χ4n) is 4.94. The van der Waals surface area contributed by atoms with E-state index in [4.69, 9.17) is 19.2 Å². The van der Waals surface area contributed by atoms with E-state index in [0.29, 0.717) is 29.8 Å². The lowest BCUT2D eigenvalue weighted by molar-refractivity contribution is -0.100. The first-order valence-corrected chi connectivity index (χ1v) is 10.7. The number of methoxy groups -OCH3 is 1. The second-order valence-corrected chi connectivity index (χ2v) is 8.18. The summed E-state index contributed by atoms with van der Waals surface area (Å²) >= 11 is 0. The average Bonchev–Trinajstić information content (AvgIpc) is 3.16. The van der Waals surface area contributed by atoms with Crippen LogP contribution >= 0.6 is 0 Å². The second kappa shape index (κ2) is 7.34. The highest BCUT2D eigenvalue weighted by molar-refractivity contribution is 5.89. The first-order valence-electron chi connectivity index (χ1n) is 10.7. The minimum absolute atomic E-state index is 0.145. The van der Waals surface area contributed by atoms with Crippen molar-refractivity contribution in [3.8, 4) is 17.1 Å². The lowest BCUT2D eigenvalue weighted by Gasteiger charge is -2.37. The number of phenolic OH excluding ortho intramolecular Hbond substituents is 1. The van der Waals surface area contributed by atoms with Crippen molar-refractivity contribution >= 4 is 17.1 Å². The summed E-state index contributed by atoms with van der Waals surface area (Å²) in [5.74, 6) is 0.182. The highest BCUT2D eigenvalue weighted by atomic mass is 16.7. The number of hydrogen-bond acceptors (Lipinski definition) is 7. The van der Waals surface area contributed by atoms with E-state index < -0.39 is 11.8 Å². The van der Waals surface area contributed by atoms with Gasteiger partial charge in [0.15, 0.2) is 5.60 Å². The largest absolute Gasteiger partial charge is 0.508 e. The Kier molecular flexibility index (Phi) is 4.70. The number of carbonyl (C=O) groups is 1. The first kappa shape index (κ1) is 20.5. The van der Waals surface area contributed by atoms with Crippen molar-refractivity contribution in [2.75, 3.05) is 13.7 Å². The lowest BCUT2D eigenvalue weighted by atomic mass is 9.86. The monoisotopic (exact) mass is 436 g/mol. The molecule has 0 bridgehead atoms. The topological polar surface area (TPSA) is 99.9 Å². The molecule has 2 aliphatic rings. The smallest absolute Gasteiger partial charge is 0.508 e. The molecule has 1 aromatic carbocycles. The number of carbonyl (C=O) groups excluding carboxylic acids is 1. The minimum Gasteiger partial charge on any atom is -0.508 e. The number of aromatic nitrogens is 2. The molecule has 2 aliphatic heterocycles. The summed E-state index contributed by atoms with van der Waals surface area (Å²) < 4.78 is 17.8. The molecule has 4 heterocycles. The van der Waals surface area contributed by atoms with Gasteiger partial charge in [-0.05, 0) is 42.7 Å². The fraction of sp³-hybridized carbons (Fsp3) is 0.375. The number of fused-ring (bicyclic) bond motifs is 5. The SMILES string of the molecule is CCc1c2c(nc3ccc(O)cc13)-c1cc3c(c(=O)n1C2)COCC3(CC)OC(=O)OC. The second-order valence-electron chi connectivity index (χ2n) is 8.18. The van der Waals surface area contributed by atoms with Crippen molar-refractivity contribution in [1.29, 1.82) is 0 Å². The predicted octanol–water partition coefficient (Wildman–Crippen LogP) is 3.61. The van der Waals surface area contributed by atoms with Gasteiger partial charge >= 0.3 is 6.16 Å². The van der Waals surface area contributed by atoms with Crippen LogP contribution < -0.4 is 5.56 Å². The number of aromatic hydroxyl groups is 1. The van der Waals surface area contributed by atoms with Gasteiger partial charge in [0, 0.05) is 16.5 Å². The number of phenols is 1. The number of hydrogen-bond donors (Lipinski definition) is 1. The quantitative estimate of drug-likeness (QED) is 0.490. The summed E-state index contributed by atoms with van der Waals surface area (Å²) in [5.41, 5.74) is 4.09. The molecule has 0 saturated heterocycles. The Bertz CT molecular complexity index is 1330.